The van der Waals surface area contributed by atoms with Gasteiger partial charge in [0.2, 0.25) is 20.0 Å². The Morgan fingerprint density at radius 2 is 1.95 bits per heavy atom. The number of aromatic carboxylic acids is 1. The van der Waals surface area contributed by atoms with Crippen LogP contribution in [0.3, 0.4) is 0 Å². The van der Waals surface area contributed by atoms with Crippen LogP contribution in [0.25, 0.3) is 0 Å². The monoisotopic (exact) mass is 325 g/mol. The number of carboxylic acids is 1. The van der Waals surface area contributed by atoms with E-state index in [4.69, 9.17) is 5.11 Å². The van der Waals surface area contributed by atoms with Crippen LogP contribution in [0.2, 0.25) is 0 Å². The van der Waals surface area contributed by atoms with Gasteiger partial charge < -0.3 is 10.1 Å². The van der Waals surface area contributed by atoms with Gasteiger partial charge in [0.25, 0.3) is 0 Å². The largest absolute Gasteiger partial charge is 0.477 e. The summed E-state index contributed by atoms with van der Waals surface area (Å²) in [6.07, 6.45) is 1.02. The number of nitrogens with zero attached hydrogens (tertiary/aromatic N) is 1. The molecule has 0 aliphatic carbocycles. The molecule has 1 rings (SSSR count). The molecule has 9 nitrogen and oxygen atoms in total. The lowest BCUT2D eigenvalue weighted by Crippen LogP contribution is -2.33. The van der Waals surface area contributed by atoms with Crippen LogP contribution in [0.15, 0.2) is 17.2 Å². The van der Waals surface area contributed by atoms with Crippen LogP contribution in [-0.2, 0) is 20.0 Å². The number of hydrogen-bond acceptors (Lipinski definition) is 5. The second-order valence-electron chi connectivity index (χ2n) is 4.05. The fourth-order valence-electron chi connectivity index (χ4n) is 1.22. The average Bonchev–Trinajstić information content (AvgIpc) is 2.77. The zero-order valence-corrected chi connectivity index (χ0v) is 12.5. The highest BCUT2D eigenvalue weighted by Gasteiger charge is 2.20. The highest BCUT2D eigenvalue weighted by Crippen LogP contribution is 2.10. The maximum Gasteiger partial charge on any atom is 0.352 e. The Morgan fingerprint density at radius 3 is 2.40 bits per heavy atom. The highest BCUT2D eigenvalue weighted by molar-refractivity contribution is 7.90. The Morgan fingerprint density at radius 1 is 1.35 bits per heavy atom. The topological polar surface area (TPSA) is 137 Å². The van der Waals surface area contributed by atoms with Gasteiger partial charge in [0, 0.05) is 26.8 Å². The predicted molar refractivity (Wildman–Crippen MR) is 70.4 cm³/mol. The number of nitrogens with one attached hydrogen (secondary N) is 2. The molecule has 0 amide bonds. The van der Waals surface area contributed by atoms with E-state index in [0.717, 1.165) is 16.6 Å². The van der Waals surface area contributed by atoms with Crippen LogP contribution in [0, 0.1) is 0 Å². The molecule has 0 aliphatic rings. The van der Waals surface area contributed by atoms with Gasteiger partial charge in [0.15, 0.2) is 0 Å². The molecule has 1 aromatic rings. The van der Waals surface area contributed by atoms with Gasteiger partial charge in [0.1, 0.15) is 10.6 Å². The molecule has 1 heterocycles. The van der Waals surface area contributed by atoms with E-state index in [0.29, 0.717) is 0 Å². The molecule has 0 aliphatic heterocycles. The predicted octanol–water partition coefficient (Wildman–Crippen LogP) is -1.12. The van der Waals surface area contributed by atoms with Gasteiger partial charge in [-0.05, 0) is 6.07 Å². The summed E-state index contributed by atoms with van der Waals surface area (Å²) in [5.41, 5.74) is -0.272. The maximum absolute atomic E-state index is 11.8. The Balaban J connectivity index is 2.73. The van der Waals surface area contributed by atoms with Gasteiger partial charge in [-0.1, -0.05) is 0 Å². The van der Waals surface area contributed by atoms with Gasteiger partial charge in [-0.25, -0.2) is 30.7 Å². The van der Waals surface area contributed by atoms with Crippen LogP contribution in [0.5, 0.6) is 0 Å². The number of hydrogen-bond donors (Lipinski definition) is 3. The van der Waals surface area contributed by atoms with Gasteiger partial charge >= 0.3 is 5.97 Å². The molecule has 114 valence electrons. The number of rotatable bonds is 7. The molecule has 20 heavy (non-hydrogen) atoms. The molecule has 3 N–H and O–H groups in total. The summed E-state index contributed by atoms with van der Waals surface area (Å²) in [4.78, 5) is 12.7. The van der Waals surface area contributed by atoms with Gasteiger partial charge in [0.05, 0.1) is 5.75 Å². The normalized spacial score (nSPS) is 12.8. The number of aromatic nitrogens is 1. The lowest BCUT2D eigenvalue weighted by Gasteiger charge is -2.11. The van der Waals surface area contributed by atoms with E-state index in [-0.39, 0.29) is 17.1 Å². The molecule has 1 aromatic heterocycles. The lowest BCUT2D eigenvalue weighted by atomic mass is 10.4. The van der Waals surface area contributed by atoms with Crippen molar-refractivity contribution >= 4 is 26.0 Å². The van der Waals surface area contributed by atoms with Crippen molar-refractivity contribution < 1.29 is 26.7 Å². The zero-order chi connectivity index (χ0) is 15.6. The van der Waals surface area contributed by atoms with Gasteiger partial charge in [-0.3, -0.25) is 0 Å². The third-order valence-corrected chi connectivity index (χ3v) is 5.68. The number of H-pyrrole nitrogens is 1. The average molecular weight is 325 g/mol. The number of sulfonamides is 2. The SMILES string of the molecule is CN(C)S(=O)(=O)CCNS(=O)(=O)c1c[nH]c(C(=O)O)c1. The number of carbonyl (C=O) groups is 1. The van der Waals surface area contributed by atoms with E-state index in [9.17, 15) is 21.6 Å². The Kier molecular flexibility index (Phi) is 4.91. The first-order chi connectivity index (χ1) is 9.06. The van der Waals surface area contributed by atoms with E-state index in [1.807, 2.05) is 0 Å². The molecule has 0 saturated heterocycles. The van der Waals surface area contributed by atoms with Crippen LogP contribution < -0.4 is 4.72 Å². The molecule has 0 atom stereocenters. The van der Waals surface area contributed by atoms with Crippen LogP contribution in [0.4, 0.5) is 0 Å². The minimum atomic E-state index is -3.95. The Hall–Kier alpha value is -1.43. The van der Waals surface area contributed by atoms with Crippen molar-refractivity contribution in [1.29, 1.82) is 0 Å². The molecule has 0 saturated carbocycles. The summed E-state index contributed by atoms with van der Waals surface area (Å²) in [6.45, 7) is -0.309. The van der Waals surface area contributed by atoms with E-state index in [1.54, 1.807) is 0 Å². The van der Waals surface area contributed by atoms with Crippen molar-refractivity contribution in [2.75, 3.05) is 26.4 Å². The van der Waals surface area contributed by atoms with Gasteiger partial charge in [-0.2, -0.15) is 0 Å². The van der Waals surface area contributed by atoms with Crippen molar-refractivity contribution in [1.82, 2.24) is 14.0 Å². The number of aromatic amines is 1. The zero-order valence-electron chi connectivity index (χ0n) is 10.8. The van der Waals surface area contributed by atoms with Crippen molar-refractivity contribution in [3.05, 3.63) is 18.0 Å². The summed E-state index contributed by atoms with van der Waals surface area (Å²) in [7, 11) is -4.77. The lowest BCUT2D eigenvalue weighted by molar-refractivity contribution is 0.0691. The summed E-state index contributed by atoms with van der Waals surface area (Å²) in [5.74, 6) is -1.68. The van der Waals surface area contributed by atoms with E-state index in [2.05, 4.69) is 9.71 Å². The van der Waals surface area contributed by atoms with E-state index < -0.39 is 31.8 Å². The maximum atomic E-state index is 11.8. The molecule has 0 spiro atoms. The van der Waals surface area contributed by atoms with Crippen molar-refractivity contribution in [3.63, 3.8) is 0 Å². The standard InChI is InChI=1S/C9H15N3O6S2/c1-12(2)19(15,16)4-3-11-20(17,18)7-5-8(9(13)14)10-6-7/h5-6,10-11H,3-4H2,1-2H3,(H,13,14). The quantitative estimate of drug-likeness (QED) is 0.581. The van der Waals surface area contributed by atoms with E-state index >= 15 is 0 Å². The summed E-state index contributed by atoms with van der Waals surface area (Å²) in [5, 5.41) is 8.68. The Labute approximate surface area is 116 Å². The van der Waals surface area contributed by atoms with E-state index in [1.165, 1.54) is 14.1 Å². The fraction of sp³-hybridized carbons (Fsp3) is 0.444. The molecule has 11 heteroatoms. The molecule has 0 unspecified atom stereocenters. The first kappa shape index (κ1) is 16.6. The third-order valence-electron chi connectivity index (χ3n) is 2.41. The first-order valence-electron chi connectivity index (χ1n) is 5.38. The molecular formula is C9H15N3O6S2. The van der Waals surface area contributed by atoms with Crippen molar-refractivity contribution in [2.45, 2.75) is 4.90 Å². The highest BCUT2D eigenvalue weighted by atomic mass is 32.2. The second-order valence-corrected chi connectivity index (χ2v) is 8.12. The summed E-state index contributed by atoms with van der Waals surface area (Å²) in [6, 6.07) is 0.950. The van der Waals surface area contributed by atoms with Gasteiger partial charge in [-0.15, -0.1) is 0 Å². The third kappa shape index (κ3) is 4.03. The molecule has 0 fully saturated rings. The molecule has 0 bridgehead atoms. The smallest absolute Gasteiger partial charge is 0.352 e. The van der Waals surface area contributed by atoms with Crippen molar-refractivity contribution in [3.8, 4) is 0 Å². The Bertz CT molecular complexity index is 689. The minimum Gasteiger partial charge on any atom is -0.477 e. The van der Waals surface area contributed by atoms with Crippen molar-refractivity contribution in [2.24, 2.45) is 0 Å². The minimum absolute atomic E-state index is 0.267. The first-order valence-corrected chi connectivity index (χ1v) is 8.47. The summed E-state index contributed by atoms with van der Waals surface area (Å²) < 4.78 is 49.6. The molecule has 0 aromatic carbocycles. The molecule has 0 radical (unpaired) electrons. The van der Waals surface area contributed by atoms with Crippen LogP contribution in [-0.4, -0.2) is 63.6 Å². The second kappa shape index (κ2) is 5.91. The fourth-order valence-corrected chi connectivity index (χ4v) is 3.10. The van der Waals surface area contributed by atoms with Crippen LogP contribution in [0.1, 0.15) is 10.5 Å². The summed E-state index contributed by atoms with van der Waals surface area (Å²) >= 11 is 0. The molecular weight excluding hydrogens is 310 g/mol. The number of carboxylic acid groups (broad SMARTS) is 1. The van der Waals surface area contributed by atoms with Crippen LogP contribution >= 0.6 is 0 Å².